The monoisotopic (exact) mass is 454 g/mol. The van der Waals surface area contributed by atoms with Gasteiger partial charge in [0, 0.05) is 34.6 Å². The smallest absolute Gasteiger partial charge is 0.177 e. The second-order valence-electron chi connectivity index (χ2n) is 6.99. The SMILES string of the molecule is Cc1cc(NC(=S)Nc2ccn(Cc3ccccc3F)n2)nn1Cc1ccccc1Cl. The van der Waals surface area contributed by atoms with Crippen molar-refractivity contribution >= 4 is 40.6 Å². The molecule has 0 aliphatic rings. The van der Waals surface area contributed by atoms with Crippen molar-refractivity contribution in [3.8, 4) is 0 Å². The van der Waals surface area contributed by atoms with Crippen LogP contribution in [0.15, 0.2) is 66.9 Å². The Balaban J connectivity index is 1.37. The average molecular weight is 455 g/mol. The molecule has 2 aromatic carbocycles. The molecule has 0 atom stereocenters. The molecule has 9 heteroatoms. The zero-order chi connectivity index (χ0) is 21.8. The minimum absolute atomic E-state index is 0.257. The van der Waals surface area contributed by atoms with E-state index in [9.17, 15) is 4.39 Å². The predicted molar refractivity (Wildman–Crippen MR) is 125 cm³/mol. The molecule has 0 spiro atoms. The molecule has 0 radical (unpaired) electrons. The first kappa shape index (κ1) is 21.0. The summed E-state index contributed by atoms with van der Waals surface area (Å²) >= 11 is 11.6. The minimum atomic E-state index is -0.257. The summed E-state index contributed by atoms with van der Waals surface area (Å²) in [5, 5.41) is 16.1. The van der Waals surface area contributed by atoms with Crippen LogP contribution in [0.2, 0.25) is 5.02 Å². The van der Waals surface area contributed by atoms with Crippen LogP contribution in [0.4, 0.5) is 16.0 Å². The van der Waals surface area contributed by atoms with Gasteiger partial charge in [-0.25, -0.2) is 4.39 Å². The summed E-state index contributed by atoms with van der Waals surface area (Å²) in [5.41, 5.74) is 2.53. The number of rotatable bonds is 6. The molecule has 0 amide bonds. The van der Waals surface area contributed by atoms with E-state index in [1.807, 2.05) is 41.9 Å². The lowest BCUT2D eigenvalue weighted by atomic mass is 10.2. The van der Waals surface area contributed by atoms with Crippen LogP contribution in [0.3, 0.4) is 0 Å². The van der Waals surface area contributed by atoms with E-state index in [1.54, 1.807) is 35.1 Å². The van der Waals surface area contributed by atoms with Crippen molar-refractivity contribution in [1.82, 2.24) is 19.6 Å². The Bertz CT molecular complexity index is 1220. The third-order valence-corrected chi connectivity index (χ3v) is 5.25. The maximum Gasteiger partial charge on any atom is 0.177 e. The molecule has 0 saturated heterocycles. The third kappa shape index (κ3) is 5.28. The van der Waals surface area contributed by atoms with E-state index in [4.69, 9.17) is 23.8 Å². The number of aromatic nitrogens is 4. The minimum Gasteiger partial charge on any atom is -0.316 e. The maximum absolute atomic E-state index is 13.8. The van der Waals surface area contributed by atoms with Gasteiger partial charge in [-0.3, -0.25) is 9.36 Å². The van der Waals surface area contributed by atoms with Crippen molar-refractivity contribution in [2.75, 3.05) is 10.6 Å². The number of hydrogen-bond donors (Lipinski definition) is 2. The van der Waals surface area contributed by atoms with Gasteiger partial charge in [0.25, 0.3) is 0 Å². The van der Waals surface area contributed by atoms with Crippen molar-refractivity contribution in [3.63, 3.8) is 0 Å². The summed E-state index contributed by atoms with van der Waals surface area (Å²) in [5.74, 6) is 0.918. The van der Waals surface area contributed by atoms with Gasteiger partial charge in [0.05, 0.1) is 13.1 Å². The van der Waals surface area contributed by atoms with E-state index in [2.05, 4.69) is 20.8 Å². The molecule has 0 unspecified atom stereocenters. The highest BCUT2D eigenvalue weighted by Crippen LogP contribution is 2.18. The Labute approximate surface area is 189 Å². The van der Waals surface area contributed by atoms with E-state index in [1.165, 1.54) is 6.07 Å². The summed E-state index contributed by atoms with van der Waals surface area (Å²) in [6.07, 6.45) is 1.76. The molecule has 0 saturated carbocycles. The lowest BCUT2D eigenvalue weighted by Crippen LogP contribution is -2.20. The van der Waals surface area contributed by atoms with Crippen LogP contribution in [0.25, 0.3) is 0 Å². The first-order valence-electron chi connectivity index (χ1n) is 9.60. The largest absolute Gasteiger partial charge is 0.316 e. The van der Waals surface area contributed by atoms with Crippen LogP contribution in [-0.4, -0.2) is 24.7 Å². The Morgan fingerprint density at radius 1 is 0.968 bits per heavy atom. The predicted octanol–water partition coefficient (Wildman–Crippen LogP) is 5.09. The standard InChI is InChI=1S/C22H20ClFN6S/c1-15-12-21(28-30(15)14-16-6-2-4-8-18(16)23)26-22(31)25-20-10-11-29(27-20)13-17-7-3-5-9-19(17)24/h2-12H,13-14H2,1H3,(H2,25,26,27,28,31). The van der Waals surface area contributed by atoms with Gasteiger partial charge in [0.1, 0.15) is 5.82 Å². The van der Waals surface area contributed by atoms with Crippen LogP contribution in [-0.2, 0) is 13.1 Å². The van der Waals surface area contributed by atoms with Gasteiger partial charge >= 0.3 is 0 Å². The van der Waals surface area contributed by atoms with Gasteiger partial charge < -0.3 is 10.6 Å². The highest BCUT2D eigenvalue weighted by molar-refractivity contribution is 7.80. The van der Waals surface area contributed by atoms with Crippen molar-refractivity contribution in [2.45, 2.75) is 20.0 Å². The van der Waals surface area contributed by atoms with Crippen LogP contribution < -0.4 is 10.6 Å². The van der Waals surface area contributed by atoms with Crippen molar-refractivity contribution < 1.29 is 4.39 Å². The van der Waals surface area contributed by atoms with Gasteiger partial charge in [-0.2, -0.15) is 10.2 Å². The molecular weight excluding hydrogens is 435 g/mol. The summed E-state index contributed by atoms with van der Waals surface area (Å²) < 4.78 is 17.3. The number of aryl methyl sites for hydroxylation is 1. The fraction of sp³-hybridized carbons (Fsp3) is 0.136. The highest BCUT2D eigenvalue weighted by Gasteiger charge is 2.10. The first-order valence-corrected chi connectivity index (χ1v) is 10.4. The van der Waals surface area contributed by atoms with Gasteiger partial charge in [-0.05, 0) is 36.8 Å². The highest BCUT2D eigenvalue weighted by atomic mass is 35.5. The van der Waals surface area contributed by atoms with Gasteiger partial charge in [-0.15, -0.1) is 0 Å². The molecule has 0 aliphatic carbocycles. The molecule has 6 nitrogen and oxygen atoms in total. The average Bonchev–Trinajstić information content (AvgIpc) is 3.31. The third-order valence-electron chi connectivity index (χ3n) is 4.67. The van der Waals surface area contributed by atoms with Gasteiger partial charge in [0.2, 0.25) is 0 Å². The van der Waals surface area contributed by atoms with Crippen molar-refractivity contribution in [1.29, 1.82) is 0 Å². The zero-order valence-electron chi connectivity index (χ0n) is 16.7. The number of thiocarbonyl (C=S) groups is 1. The lowest BCUT2D eigenvalue weighted by Gasteiger charge is -2.07. The molecule has 2 N–H and O–H groups in total. The second-order valence-corrected chi connectivity index (χ2v) is 7.80. The lowest BCUT2D eigenvalue weighted by molar-refractivity contribution is 0.586. The summed E-state index contributed by atoms with van der Waals surface area (Å²) in [4.78, 5) is 0. The molecule has 158 valence electrons. The number of anilines is 2. The molecule has 4 aromatic rings. The molecule has 0 aliphatic heterocycles. The Kier molecular flexibility index (Phi) is 6.29. The van der Waals surface area contributed by atoms with Crippen molar-refractivity contribution in [2.24, 2.45) is 0 Å². The number of nitrogens with zero attached hydrogens (tertiary/aromatic N) is 4. The summed E-state index contributed by atoms with van der Waals surface area (Å²) in [6.45, 7) is 2.86. The normalized spacial score (nSPS) is 10.8. The quantitative estimate of drug-likeness (QED) is 0.397. The Hall–Kier alpha value is -3.23. The van der Waals surface area contributed by atoms with Crippen molar-refractivity contribution in [3.05, 3.63) is 94.5 Å². The second kappa shape index (κ2) is 9.28. The number of halogens is 2. The maximum atomic E-state index is 13.8. The Morgan fingerprint density at radius 3 is 2.45 bits per heavy atom. The topological polar surface area (TPSA) is 59.7 Å². The molecule has 0 bridgehead atoms. The summed E-state index contributed by atoms with van der Waals surface area (Å²) in [6, 6.07) is 18.0. The van der Waals surface area contributed by atoms with Crippen LogP contribution in [0, 0.1) is 12.7 Å². The van der Waals surface area contributed by atoms with E-state index in [0.29, 0.717) is 40.4 Å². The molecule has 4 rings (SSSR count). The first-order chi connectivity index (χ1) is 15.0. The van der Waals surface area contributed by atoms with E-state index >= 15 is 0 Å². The van der Waals surface area contributed by atoms with Crippen LogP contribution in [0.1, 0.15) is 16.8 Å². The fourth-order valence-corrected chi connectivity index (χ4v) is 3.51. The van der Waals surface area contributed by atoms with Gasteiger partial charge in [0.15, 0.2) is 16.7 Å². The zero-order valence-corrected chi connectivity index (χ0v) is 18.3. The fourth-order valence-electron chi connectivity index (χ4n) is 3.10. The molecule has 31 heavy (non-hydrogen) atoms. The molecular formula is C22H20ClFN6S. The number of benzene rings is 2. The summed E-state index contributed by atoms with van der Waals surface area (Å²) in [7, 11) is 0. The molecule has 2 aromatic heterocycles. The molecule has 0 fully saturated rings. The van der Waals surface area contributed by atoms with E-state index < -0.39 is 0 Å². The number of nitrogens with one attached hydrogen (secondary N) is 2. The van der Waals surface area contributed by atoms with Gasteiger partial charge in [-0.1, -0.05) is 48.0 Å². The number of hydrogen-bond acceptors (Lipinski definition) is 3. The van der Waals surface area contributed by atoms with E-state index in [-0.39, 0.29) is 5.82 Å². The van der Waals surface area contributed by atoms with E-state index in [0.717, 1.165) is 11.3 Å². The van der Waals surface area contributed by atoms with Crippen LogP contribution >= 0.6 is 23.8 Å². The molecule has 2 heterocycles. The Morgan fingerprint density at radius 2 is 1.68 bits per heavy atom. The van der Waals surface area contributed by atoms with Crippen LogP contribution in [0.5, 0.6) is 0 Å².